The molecule has 210 valence electrons. The van der Waals surface area contributed by atoms with Crippen LogP contribution in [0.1, 0.15) is 12.3 Å². The van der Waals surface area contributed by atoms with Gasteiger partial charge in [-0.25, -0.2) is 15.0 Å². The van der Waals surface area contributed by atoms with Crippen molar-refractivity contribution in [3.63, 3.8) is 0 Å². The minimum atomic E-state index is -0.557. The summed E-state index contributed by atoms with van der Waals surface area (Å²) in [5, 5.41) is 1.79. The summed E-state index contributed by atoms with van der Waals surface area (Å²) < 4.78 is 85.2. The van der Waals surface area contributed by atoms with Crippen LogP contribution in [-0.4, -0.2) is 15.0 Å². The zero-order chi connectivity index (χ0) is 37.6. The molecule has 7 aromatic carbocycles. The molecule has 45 heavy (non-hydrogen) atoms. The number of rotatable bonds is 4. The van der Waals surface area contributed by atoms with E-state index in [4.69, 9.17) is 29.0 Å². The van der Waals surface area contributed by atoms with Crippen LogP contribution in [0.25, 0.3) is 88.8 Å². The topological polar surface area (TPSA) is 51.8 Å². The largest absolute Gasteiger partial charge is 0.456 e. The van der Waals surface area contributed by atoms with Crippen LogP contribution in [0.3, 0.4) is 0 Å². The van der Waals surface area contributed by atoms with Gasteiger partial charge in [0.15, 0.2) is 17.5 Å². The van der Waals surface area contributed by atoms with Crippen molar-refractivity contribution in [1.29, 1.82) is 0 Å². The first-order chi connectivity index (χ1) is 26.0. The van der Waals surface area contributed by atoms with Crippen molar-refractivity contribution < 1.29 is 16.8 Å². The minimum Gasteiger partial charge on any atom is -0.456 e. The maximum Gasteiger partial charge on any atom is 0.164 e. The molecule has 0 radical (unpaired) electrons. The van der Waals surface area contributed by atoms with Gasteiger partial charge in [-0.2, -0.15) is 0 Å². The van der Waals surface area contributed by atoms with Gasteiger partial charge in [-0.3, -0.25) is 0 Å². The van der Waals surface area contributed by atoms with Gasteiger partial charge in [0.1, 0.15) is 11.2 Å². The standard InChI is InChI=1S/C41H25N3O/c1-2-12-28(13-3-1)39-42-40(31-19-18-26-10-4-5-14-29(26)24-31)44-41(43-39)34-17-9-8-15-32(34)30-21-22-36-35(25-30)38-33-16-7-6-11-27(33)20-23-37(38)45-36/h1-25H/i6D,7D,11D,16D,20D,21D,22D,23D,25D. The molecule has 9 rings (SSSR count). The summed E-state index contributed by atoms with van der Waals surface area (Å²) in [5.74, 6) is 1.07. The highest BCUT2D eigenvalue weighted by molar-refractivity contribution is 6.19. The van der Waals surface area contributed by atoms with Crippen molar-refractivity contribution >= 4 is 43.5 Å². The molecular weight excluding hydrogens is 550 g/mol. The molecule has 0 atom stereocenters. The number of nitrogens with zero attached hydrogens (tertiary/aromatic N) is 3. The van der Waals surface area contributed by atoms with Gasteiger partial charge in [-0.05, 0) is 56.9 Å². The fourth-order valence-electron chi connectivity index (χ4n) is 5.65. The van der Waals surface area contributed by atoms with Crippen LogP contribution < -0.4 is 0 Å². The summed E-state index contributed by atoms with van der Waals surface area (Å²) in [5.41, 5.74) is 1.96. The number of benzene rings is 7. The first kappa shape index (κ1) is 17.9. The predicted octanol–water partition coefficient (Wildman–Crippen LogP) is 10.7. The molecule has 4 heteroatoms. The third-order valence-corrected chi connectivity index (χ3v) is 7.81. The molecule has 0 spiro atoms. The first-order valence-electron chi connectivity index (χ1n) is 18.8. The van der Waals surface area contributed by atoms with Crippen LogP contribution in [0, 0.1) is 0 Å². The average Bonchev–Trinajstić information content (AvgIpc) is 3.61. The lowest BCUT2D eigenvalue weighted by Crippen LogP contribution is -2.01. The minimum absolute atomic E-state index is 0.00296. The van der Waals surface area contributed by atoms with Crippen LogP contribution in [0.4, 0.5) is 0 Å². The van der Waals surface area contributed by atoms with E-state index in [-0.39, 0.29) is 62.2 Å². The third-order valence-electron chi connectivity index (χ3n) is 7.81. The zero-order valence-corrected chi connectivity index (χ0v) is 23.5. The van der Waals surface area contributed by atoms with E-state index >= 15 is 0 Å². The van der Waals surface area contributed by atoms with Crippen LogP contribution in [0.5, 0.6) is 0 Å². The van der Waals surface area contributed by atoms with E-state index < -0.39 is 36.3 Å². The number of fused-ring (bicyclic) bond motifs is 6. The van der Waals surface area contributed by atoms with E-state index in [2.05, 4.69) is 0 Å². The lowest BCUT2D eigenvalue weighted by atomic mass is 9.96. The second-order valence-electron chi connectivity index (χ2n) is 10.5. The molecule has 0 bridgehead atoms. The normalized spacial score (nSPS) is 14.4. The lowest BCUT2D eigenvalue weighted by Gasteiger charge is -2.12. The second-order valence-corrected chi connectivity index (χ2v) is 10.5. The Bertz CT molecular complexity index is 3060. The fourth-order valence-corrected chi connectivity index (χ4v) is 5.65. The summed E-state index contributed by atoms with van der Waals surface area (Å²) in [6.07, 6.45) is 0. The Morgan fingerprint density at radius 2 is 1.18 bits per heavy atom. The Labute approximate surface area is 271 Å². The predicted molar refractivity (Wildman–Crippen MR) is 184 cm³/mol. The van der Waals surface area contributed by atoms with Gasteiger partial charge in [0, 0.05) is 27.5 Å². The summed E-state index contributed by atoms with van der Waals surface area (Å²) in [7, 11) is 0. The first-order valence-corrected chi connectivity index (χ1v) is 14.3. The highest BCUT2D eigenvalue weighted by atomic mass is 16.3. The van der Waals surface area contributed by atoms with E-state index in [1.807, 2.05) is 72.8 Å². The molecular formula is C41H25N3O. The second kappa shape index (κ2) is 10.2. The smallest absolute Gasteiger partial charge is 0.164 e. The van der Waals surface area contributed by atoms with E-state index in [1.165, 1.54) is 0 Å². The number of furan rings is 1. The Morgan fingerprint density at radius 1 is 0.467 bits per heavy atom. The molecule has 9 aromatic rings. The van der Waals surface area contributed by atoms with Gasteiger partial charge in [-0.15, -0.1) is 0 Å². The van der Waals surface area contributed by atoms with E-state index in [1.54, 1.807) is 24.3 Å². The Balaban J connectivity index is 1.35. The van der Waals surface area contributed by atoms with Crippen LogP contribution >= 0.6 is 0 Å². The molecule has 0 aliphatic carbocycles. The lowest BCUT2D eigenvalue weighted by molar-refractivity contribution is 0.669. The zero-order valence-electron chi connectivity index (χ0n) is 32.5. The molecule has 0 saturated heterocycles. The van der Waals surface area contributed by atoms with Gasteiger partial charge in [-0.1, -0.05) is 127 Å². The monoisotopic (exact) mass is 584 g/mol. The van der Waals surface area contributed by atoms with Crippen LogP contribution in [0.15, 0.2) is 156 Å². The van der Waals surface area contributed by atoms with Crippen molar-refractivity contribution in [2.45, 2.75) is 0 Å². The van der Waals surface area contributed by atoms with E-state index in [9.17, 15) is 2.74 Å². The average molecular weight is 585 g/mol. The van der Waals surface area contributed by atoms with Gasteiger partial charge in [0.25, 0.3) is 0 Å². The molecule has 2 heterocycles. The van der Waals surface area contributed by atoms with Crippen LogP contribution in [0.2, 0.25) is 0 Å². The van der Waals surface area contributed by atoms with Gasteiger partial charge in [0.05, 0.1) is 12.3 Å². The van der Waals surface area contributed by atoms with Crippen molar-refractivity contribution in [1.82, 2.24) is 15.0 Å². The summed E-state index contributed by atoms with van der Waals surface area (Å²) >= 11 is 0. The molecule has 2 aromatic heterocycles. The number of hydrogen-bond acceptors (Lipinski definition) is 4. The van der Waals surface area contributed by atoms with Gasteiger partial charge < -0.3 is 4.42 Å². The quantitative estimate of drug-likeness (QED) is 0.206. The highest BCUT2D eigenvalue weighted by Gasteiger charge is 2.17. The summed E-state index contributed by atoms with van der Waals surface area (Å²) in [6, 6.07) is 26.4. The SMILES string of the molecule is [2H]c1c(-c2ccccc2-c2nc(-c3ccccc3)nc(-c3ccc4ccccc4c3)n2)c([2H])c2c(oc3c([2H])c([2H])c4c([2H])c([2H])c([2H])c([2H])c4c32)c1[2H]. The fraction of sp³-hybridized carbons (Fsp3) is 0. The molecule has 0 aliphatic heterocycles. The Morgan fingerprint density at radius 3 is 2.07 bits per heavy atom. The van der Waals surface area contributed by atoms with Gasteiger partial charge >= 0.3 is 0 Å². The molecule has 0 unspecified atom stereocenters. The Kier molecular flexibility index (Phi) is 4.07. The van der Waals surface area contributed by atoms with Crippen molar-refractivity contribution in [2.75, 3.05) is 0 Å². The van der Waals surface area contributed by atoms with Crippen molar-refractivity contribution in [3.05, 3.63) is 151 Å². The van der Waals surface area contributed by atoms with E-state index in [0.29, 0.717) is 22.8 Å². The Hall–Kier alpha value is -6.13. The van der Waals surface area contributed by atoms with Crippen molar-refractivity contribution in [2.24, 2.45) is 0 Å². The third kappa shape index (κ3) is 4.35. The van der Waals surface area contributed by atoms with Crippen LogP contribution in [-0.2, 0) is 0 Å². The van der Waals surface area contributed by atoms with Gasteiger partial charge in [0.2, 0.25) is 0 Å². The molecule has 4 nitrogen and oxygen atoms in total. The molecule has 0 fully saturated rings. The maximum atomic E-state index is 9.61. The number of aromatic nitrogens is 3. The summed E-state index contributed by atoms with van der Waals surface area (Å²) in [6.45, 7) is 0. The molecule has 0 amide bonds. The van der Waals surface area contributed by atoms with Crippen molar-refractivity contribution in [3.8, 4) is 45.3 Å². The number of hydrogen-bond donors (Lipinski definition) is 0. The molecule has 0 N–H and O–H groups in total. The molecule has 0 aliphatic rings. The summed E-state index contributed by atoms with van der Waals surface area (Å²) in [4.78, 5) is 14.7. The van der Waals surface area contributed by atoms with E-state index in [0.717, 1.165) is 21.9 Å². The maximum absolute atomic E-state index is 9.61. The molecule has 0 saturated carbocycles. The highest BCUT2D eigenvalue weighted by Crippen LogP contribution is 2.39.